The molecule has 1 saturated carbocycles. The zero-order valence-corrected chi connectivity index (χ0v) is 8.45. The SMILES string of the molecule is C/C=C/[C@@H]1CC[C@@]12C=C(OC)C(=O)O2. The standard InChI is InChI=1S/C11H14O3/c1-3-4-8-5-6-11(8)7-9(13-2)10(12)14-11/h3-4,7-8H,5-6H2,1-2H3/b4-3+/t8-,11-/m1/s1. The first-order valence-corrected chi connectivity index (χ1v) is 4.85. The molecule has 0 N–H and O–H groups in total. The summed E-state index contributed by atoms with van der Waals surface area (Å²) in [5.74, 6) is 0.338. The summed E-state index contributed by atoms with van der Waals surface area (Å²) in [5.41, 5.74) is -0.394. The molecule has 76 valence electrons. The minimum Gasteiger partial charge on any atom is -0.490 e. The van der Waals surface area contributed by atoms with Crippen molar-refractivity contribution < 1.29 is 14.3 Å². The highest BCUT2D eigenvalue weighted by atomic mass is 16.6. The maximum Gasteiger partial charge on any atom is 0.374 e. The lowest BCUT2D eigenvalue weighted by atomic mass is 9.69. The van der Waals surface area contributed by atoms with Crippen molar-refractivity contribution in [2.75, 3.05) is 7.11 Å². The first-order valence-electron chi connectivity index (χ1n) is 4.85. The molecule has 0 unspecified atom stereocenters. The fraction of sp³-hybridized carbons (Fsp3) is 0.545. The van der Waals surface area contributed by atoms with Gasteiger partial charge in [-0.1, -0.05) is 12.2 Å². The van der Waals surface area contributed by atoms with Crippen molar-refractivity contribution in [3.63, 3.8) is 0 Å². The summed E-state index contributed by atoms with van der Waals surface area (Å²) in [4.78, 5) is 11.3. The number of carbonyl (C=O) groups is 1. The van der Waals surface area contributed by atoms with Crippen molar-refractivity contribution in [2.45, 2.75) is 25.4 Å². The van der Waals surface area contributed by atoms with E-state index in [0.717, 1.165) is 12.8 Å². The second-order valence-corrected chi connectivity index (χ2v) is 3.73. The second kappa shape index (κ2) is 3.15. The Bertz CT molecular complexity index is 316. The number of ether oxygens (including phenoxy) is 2. The summed E-state index contributed by atoms with van der Waals surface area (Å²) in [6, 6.07) is 0. The molecule has 2 aliphatic rings. The molecule has 0 aromatic carbocycles. The van der Waals surface area contributed by atoms with Gasteiger partial charge in [0.1, 0.15) is 5.60 Å². The van der Waals surface area contributed by atoms with Gasteiger partial charge in [0.2, 0.25) is 5.76 Å². The van der Waals surface area contributed by atoms with E-state index in [2.05, 4.69) is 6.08 Å². The molecule has 1 heterocycles. The van der Waals surface area contributed by atoms with Gasteiger partial charge < -0.3 is 9.47 Å². The van der Waals surface area contributed by atoms with Crippen molar-refractivity contribution in [1.82, 2.24) is 0 Å². The average molecular weight is 194 g/mol. The molecule has 1 aliphatic heterocycles. The van der Waals surface area contributed by atoms with Gasteiger partial charge >= 0.3 is 5.97 Å². The van der Waals surface area contributed by atoms with Crippen molar-refractivity contribution in [3.8, 4) is 0 Å². The van der Waals surface area contributed by atoms with E-state index in [-0.39, 0.29) is 5.97 Å². The fourth-order valence-electron chi connectivity index (χ4n) is 2.07. The highest BCUT2D eigenvalue weighted by Gasteiger charge is 2.52. The van der Waals surface area contributed by atoms with Crippen molar-refractivity contribution in [1.29, 1.82) is 0 Å². The molecule has 3 nitrogen and oxygen atoms in total. The van der Waals surface area contributed by atoms with Crippen LogP contribution in [-0.4, -0.2) is 18.7 Å². The number of methoxy groups -OCH3 is 1. The van der Waals surface area contributed by atoms with E-state index in [1.807, 2.05) is 19.1 Å². The molecule has 0 aromatic rings. The van der Waals surface area contributed by atoms with Gasteiger partial charge in [-0.25, -0.2) is 4.79 Å². The molecule has 0 radical (unpaired) electrons. The average Bonchev–Trinajstić information content (AvgIpc) is 2.53. The number of allylic oxidation sites excluding steroid dienone is 1. The number of carbonyl (C=O) groups excluding carboxylic acids is 1. The van der Waals surface area contributed by atoms with Gasteiger partial charge in [-0.05, 0) is 19.8 Å². The first kappa shape index (κ1) is 9.31. The van der Waals surface area contributed by atoms with Crippen molar-refractivity contribution >= 4 is 5.97 Å². The van der Waals surface area contributed by atoms with Gasteiger partial charge in [-0.3, -0.25) is 0 Å². The number of esters is 1. The Balaban J connectivity index is 2.20. The smallest absolute Gasteiger partial charge is 0.374 e. The quantitative estimate of drug-likeness (QED) is 0.496. The Morgan fingerprint density at radius 3 is 2.93 bits per heavy atom. The van der Waals surface area contributed by atoms with Crippen LogP contribution in [0.4, 0.5) is 0 Å². The van der Waals surface area contributed by atoms with Gasteiger partial charge in [0, 0.05) is 12.0 Å². The molecule has 1 aliphatic carbocycles. The molecule has 3 heteroatoms. The lowest BCUT2D eigenvalue weighted by Crippen LogP contribution is -2.45. The third kappa shape index (κ3) is 1.15. The van der Waals surface area contributed by atoms with Gasteiger partial charge in [-0.2, -0.15) is 0 Å². The van der Waals surface area contributed by atoms with Crippen LogP contribution in [0.2, 0.25) is 0 Å². The topological polar surface area (TPSA) is 35.5 Å². The summed E-state index contributed by atoms with van der Waals surface area (Å²) < 4.78 is 10.3. The molecule has 0 saturated heterocycles. The molecule has 1 fully saturated rings. The summed E-state index contributed by atoms with van der Waals surface area (Å²) in [7, 11) is 1.50. The highest BCUT2D eigenvalue weighted by Crippen LogP contribution is 2.47. The van der Waals surface area contributed by atoms with Crippen LogP contribution in [0.25, 0.3) is 0 Å². The minimum atomic E-state index is -0.394. The zero-order chi connectivity index (χ0) is 10.2. The van der Waals surface area contributed by atoms with Crippen LogP contribution in [-0.2, 0) is 14.3 Å². The van der Waals surface area contributed by atoms with Crippen LogP contribution >= 0.6 is 0 Å². The summed E-state index contributed by atoms with van der Waals surface area (Å²) in [6.45, 7) is 1.98. The van der Waals surface area contributed by atoms with E-state index in [1.54, 1.807) is 0 Å². The lowest BCUT2D eigenvalue weighted by molar-refractivity contribution is -0.159. The zero-order valence-electron chi connectivity index (χ0n) is 8.45. The van der Waals surface area contributed by atoms with E-state index in [0.29, 0.717) is 11.7 Å². The van der Waals surface area contributed by atoms with Gasteiger partial charge in [0.15, 0.2) is 0 Å². The Labute approximate surface area is 83.4 Å². The van der Waals surface area contributed by atoms with Gasteiger partial charge in [-0.15, -0.1) is 0 Å². The normalized spacial score (nSPS) is 35.7. The highest BCUT2D eigenvalue weighted by molar-refractivity contribution is 5.89. The Morgan fingerprint density at radius 2 is 2.50 bits per heavy atom. The van der Waals surface area contributed by atoms with Crippen LogP contribution in [0.3, 0.4) is 0 Å². The fourth-order valence-corrected chi connectivity index (χ4v) is 2.07. The molecule has 1 spiro atoms. The monoisotopic (exact) mass is 194 g/mol. The third-order valence-electron chi connectivity index (χ3n) is 2.98. The number of hydrogen-bond donors (Lipinski definition) is 0. The Hall–Kier alpha value is -1.25. The molecular weight excluding hydrogens is 180 g/mol. The van der Waals surface area contributed by atoms with Crippen LogP contribution < -0.4 is 0 Å². The number of hydrogen-bond acceptors (Lipinski definition) is 3. The van der Waals surface area contributed by atoms with Gasteiger partial charge in [0.05, 0.1) is 7.11 Å². The van der Waals surface area contributed by atoms with Crippen LogP contribution in [0.15, 0.2) is 24.0 Å². The molecule has 0 bridgehead atoms. The maximum absolute atomic E-state index is 11.3. The van der Waals surface area contributed by atoms with E-state index in [4.69, 9.17) is 9.47 Å². The maximum atomic E-state index is 11.3. The van der Waals surface area contributed by atoms with E-state index in [1.165, 1.54) is 7.11 Å². The predicted molar refractivity (Wildman–Crippen MR) is 51.5 cm³/mol. The summed E-state index contributed by atoms with van der Waals surface area (Å²) >= 11 is 0. The van der Waals surface area contributed by atoms with Crippen molar-refractivity contribution in [2.24, 2.45) is 5.92 Å². The molecule has 0 aromatic heterocycles. The molecule has 2 rings (SSSR count). The van der Waals surface area contributed by atoms with Crippen molar-refractivity contribution in [3.05, 3.63) is 24.0 Å². The molecule has 14 heavy (non-hydrogen) atoms. The Morgan fingerprint density at radius 1 is 1.71 bits per heavy atom. The molecule has 2 atom stereocenters. The predicted octanol–water partition coefficient (Wildman–Crippen LogP) is 1.80. The lowest BCUT2D eigenvalue weighted by Gasteiger charge is -2.42. The Kier molecular flexibility index (Phi) is 2.10. The van der Waals surface area contributed by atoms with E-state index in [9.17, 15) is 4.79 Å². The summed E-state index contributed by atoms with van der Waals surface area (Å²) in [6.07, 6.45) is 7.89. The second-order valence-electron chi connectivity index (χ2n) is 3.73. The molecule has 0 amide bonds. The van der Waals surface area contributed by atoms with Crippen LogP contribution in [0.5, 0.6) is 0 Å². The van der Waals surface area contributed by atoms with E-state index < -0.39 is 5.60 Å². The number of rotatable bonds is 2. The summed E-state index contributed by atoms with van der Waals surface area (Å²) in [5, 5.41) is 0. The molecular formula is C11H14O3. The van der Waals surface area contributed by atoms with Gasteiger partial charge in [0.25, 0.3) is 0 Å². The minimum absolute atomic E-state index is 0.323. The first-order chi connectivity index (χ1) is 6.72. The van der Waals surface area contributed by atoms with Crippen LogP contribution in [0, 0.1) is 5.92 Å². The largest absolute Gasteiger partial charge is 0.490 e. The third-order valence-corrected chi connectivity index (χ3v) is 2.98. The van der Waals surface area contributed by atoms with E-state index >= 15 is 0 Å². The van der Waals surface area contributed by atoms with Crippen LogP contribution in [0.1, 0.15) is 19.8 Å².